The first kappa shape index (κ1) is 14.6. The number of amidine groups is 1. The van der Waals surface area contributed by atoms with E-state index in [0.29, 0.717) is 0 Å². The minimum absolute atomic E-state index is 0.225. The molecule has 0 aromatic heterocycles. The molecule has 0 aliphatic heterocycles. The number of nitrogens with one attached hydrogen (secondary N) is 1. The molecule has 3 N–H and O–H groups in total. The Balaban J connectivity index is 2.59. The molecule has 0 radical (unpaired) electrons. The van der Waals surface area contributed by atoms with Crippen LogP contribution in [0, 0.1) is 10.8 Å². The Hall–Kier alpha value is -1.51. The monoisotopic (exact) mass is 247 g/mol. The van der Waals surface area contributed by atoms with E-state index in [-0.39, 0.29) is 11.3 Å². The molecule has 18 heavy (non-hydrogen) atoms. The number of benzene rings is 1. The maximum Gasteiger partial charge on any atom is 0.0963 e. The minimum Gasteiger partial charge on any atom is -0.387 e. The van der Waals surface area contributed by atoms with E-state index in [1.807, 2.05) is 13.8 Å². The van der Waals surface area contributed by atoms with Crippen LogP contribution in [0.3, 0.4) is 0 Å². The second-order valence-electron chi connectivity index (χ2n) is 5.49. The molecule has 0 fully saturated rings. The number of aryl methyl sites for hydroxylation is 1. The van der Waals surface area contributed by atoms with Crippen molar-refractivity contribution in [2.45, 2.75) is 33.6 Å². The van der Waals surface area contributed by atoms with E-state index in [9.17, 15) is 0 Å². The van der Waals surface area contributed by atoms with Crippen LogP contribution in [-0.2, 0) is 6.42 Å². The topological polar surface area (TPSA) is 53.1 Å². The van der Waals surface area contributed by atoms with Crippen molar-refractivity contribution in [2.75, 3.05) is 18.5 Å². The quantitative estimate of drug-likeness (QED) is 0.599. The number of hydrogen-bond acceptors (Lipinski definition) is 2. The van der Waals surface area contributed by atoms with Crippen LogP contribution < -0.4 is 10.6 Å². The molecule has 0 unspecified atom stereocenters. The Bertz CT molecular complexity index is 393. The molecule has 100 valence electrons. The van der Waals surface area contributed by atoms with Gasteiger partial charge >= 0.3 is 0 Å². The molecule has 0 saturated carbocycles. The Labute approximate surface area is 111 Å². The first-order chi connectivity index (χ1) is 8.36. The summed E-state index contributed by atoms with van der Waals surface area (Å²) in [5.41, 5.74) is 7.95. The smallest absolute Gasteiger partial charge is 0.0963 e. The van der Waals surface area contributed by atoms with Crippen LogP contribution in [0.1, 0.15) is 32.8 Å². The largest absolute Gasteiger partial charge is 0.387 e. The Morgan fingerprint density at radius 3 is 2.28 bits per heavy atom. The van der Waals surface area contributed by atoms with Crippen LogP contribution >= 0.6 is 0 Å². The van der Waals surface area contributed by atoms with Crippen LogP contribution in [0.15, 0.2) is 24.3 Å². The van der Waals surface area contributed by atoms with Gasteiger partial charge < -0.3 is 10.6 Å². The molecule has 0 saturated heterocycles. The van der Waals surface area contributed by atoms with Crippen LogP contribution in [0.4, 0.5) is 5.69 Å². The normalized spacial score (nSPS) is 11.3. The van der Waals surface area contributed by atoms with Gasteiger partial charge in [-0.3, -0.25) is 5.41 Å². The summed E-state index contributed by atoms with van der Waals surface area (Å²) < 4.78 is 0. The van der Waals surface area contributed by atoms with Crippen molar-refractivity contribution in [3.8, 4) is 0 Å². The molecular weight excluding hydrogens is 222 g/mol. The van der Waals surface area contributed by atoms with Gasteiger partial charge in [0.05, 0.1) is 5.84 Å². The highest BCUT2D eigenvalue weighted by molar-refractivity contribution is 5.82. The number of anilines is 1. The molecule has 0 bridgehead atoms. The molecule has 0 amide bonds. The van der Waals surface area contributed by atoms with Crippen molar-refractivity contribution in [1.82, 2.24) is 0 Å². The van der Waals surface area contributed by atoms with Crippen molar-refractivity contribution < 1.29 is 0 Å². The van der Waals surface area contributed by atoms with Gasteiger partial charge in [-0.15, -0.1) is 0 Å². The van der Waals surface area contributed by atoms with Gasteiger partial charge in [0.25, 0.3) is 0 Å². The molecule has 0 heterocycles. The standard InChI is InChI=1S/C15H25N3/c1-5-12-6-8-13(9-7-12)18(4)11-10-15(2,3)14(16)17/h6-9H,5,10-11H2,1-4H3,(H3,16,17). The summed E-state index contributed by atoms with van der Waals surface area (Å²) in [6, 6.07) is 8.64. The fourth-order valence-electron chi connectivity index (χ4n) is 1.70. The molecular formula is C15H25N3. The maximum absolute atomic E-state index is 7.56. The molecule has 1 aromatic rings. The third-order valence-corrected chi connectivity index (χ3v) is 3.59. The molecule has 3 nitrogen and oxygen atoms in total. The van der Waals surface area contributed by atoms with Crippen molar-refractivity contribution in [2.24, 2.45) is 11.1 Å². The van der Waals surface area contributed by atoms with Gasteiger partial charge in [-0.05, 0) is 30.5 Å². The lowest BCUT2D eigenvalue weighted by molar-refractivity contribution is 0.471. The minimum atomic E-state index is -0.225. The van der Waals surface area contributed by atoms with E-state index in [2.05, 4.69) is 43.1 Å². The number of nitrogens with zero attached hydrogens (tertiary/aromatic N) is 1. The molecule has 0 atom stereocenters. The van der Waals surface area contributed by atoms with Gasteiger partial charge in [-0.25, -0.2) is 0 Å². The van der Waals surface area contributed by atoms with E-state index in [0.717, 1.165) is 19.4 Å². The van der Waals surface area contributed by atoms with E-state index in [1.165, 1.54) is 11.3 Å². The third-order valence-electron chi connectivity index (χ3n) is 3.59. The first-order valence-corrected chi connectivity index (χ1v) is 6.51. The first-order valence-electron chi connectivity index (χ1n) is 6.51. The van der Waals surface area contributed by atoms with Gasteiger partial charge in [0, 0.05) is 24.7 Å². The van der Waals surface area contributed by atoms with Crippen LogP contribution in [0.25, 0.3) is 0 Å². The zero-order valence-electron chi connectivity index (χ0n) is 12.0. The predicted octanol–water partition coefficient (Wildman–Crippen LogP) is 3.04. The average Bonchev–Trinajstić information content (AvgIpc) is 2.36. The van der Waals surface area contributed by atoms with Crippen molar-refractivity contribution in [1.29, 1.82) is 5.41 Å². The average molecular weight is 247 g/mol. The van der Waals surface area contributed by atoms with E-state index < -0.39 is 0 Å². The summed E-state index contributed by atoms with van der Waals surface area (Å²) in [4.78, 5) is 2.21. The van der Waals surface area contributed by atoms with Crippen LogP contribution in [0.2, 0.25) is 0 Å². The fourth-order valence-corrected chi connectivity index (χ4v) is 1.70. The summed E-state index contributed by atoms with van der Waals surface area (Å²) in [6.45, 7) is 7.10. The van der Waals surface area contributed by atoms with Gasteiger partial charge in [0.1, 0.15) is 0 Å². The van der Waals surface area contributed by atoms with Gasteiger partial charge in [0.15, 0.2) is 0 Å². The van der Waals surface area contributed by atoms with E-state index in [4.69, 9.17) is 11.1 Å². The lowest BCUT2D eigenvalue weighted by Crippen LogP contribution is -2.34. The zero-order chi connectivity index (χ0) is 13.8. The number of hydrogen-bond donors (Lipinski definition) is 2. The molecule has 0 aliphatic carbocycles. The Morgan fingerprint density at radius 2 is 1.83 bits per heavy atom. The van der Waals surface area contributed by atoms with Crippen LogP contribution in [0.5, 0.6) is 0 Å². The highest BCUT2D eigenvalue weighted by Gasteiger charge is 2.21. The molecule has 0 aliphatic rings. The van der Waals surface area contributed by atoms with Gasteiger partial charge in [0.2, 0.25) is 0 Å². The summed E-state index contributed by atoms with van der Waals surface area (Å²) in [5.74, 6) is 0.261. The lowest BCUT2D eigenvalue weighted by Gasteiger charge is -2.27. The lowest BCUT2D eigenvalue weighted by atomic mass is 9.88. The van der Waals surface area contributed by atoms with Crippen molar-refractivity contribution in [3.05, 3.63) is 29.8 Å². The highest BCUT2D eigenvalue weighted by atomic mass is 15.1. The molecule has 1 rings (SSSR count). The van der Waals surface area contributed by atoms with Crippen molar-refractivity contribution in [3.63, 3.8) is 0 Å². The molecule has 3 heteroatoms. The third kappa shape index (κ3) is 3.76. The second-order valence-corrected chi connectivity index (χ2v) is 5.49. The van der Waals surface area contributed by atoms with Crippen LogP contribution in [-0.4, -0.2) is 19.4 Å². The molecule has 0 spiro atoms. The zero-order valence-corrected chi connectivity index (χ0v) is 12.0. The van der Waals surface area contributed by atoms with E-state index in [1.54, 1.807) is 0 Å². The summed E-state index contributed by atoms with van der Waals surface area (Å²) >= 11 is 0. The van der Waals surface area contributed by atoms with Gasteiger partial charge in [-0.1, -0.05) is 32.9 Å². The Morgan fingerprint density at radius 1 is 1.28 bits per heavy atom. The van der Waals surface area contributed by atoms with Crippen molar-refractivity contribution >= 4 is 11.5 Å². The summed E-state index contributed by atoms with van der Waals surface area (Å²) in [7, 11) is 2.08. The Kier molecular flexibility index (Phi) is 4.76. The summed E-state index contributed by atoms with van der Waals surface area (Å²) in [5, 5.41) is 7.56. The predicted molar refractivity (Wildman–Crippen MR) is 79.4 cm³/mol. The maximum atomic E-state index is 7.56. The molecule has 1 aromatic carbocycles. The second kappa shape index (κ2) is 5.89. The van der Waals surface area contributed by atoms with Gasteiger partial charge in [-0.2, -0.15) is 0 Å². The summed E-state index contributed by atoms with van der Waals surface area (Å²) in [6.07, 6.45) is 1.95. The SMILES string of the molecule is CCc1ccc(N(C)CCC(C)(C)C(=N)N)cc1. The highest BCUT2D eigenvalue weighted by Crippen LogP contribution is 2.22. The fraction of sp³-hybridized carbons (Fsp3) is 0.533. The number of rotatable bonds is 6. The number of nitrogens with two attached hydrogens (primary N) is 1. The van der Waals surface area contributed by atoms with E-state index >= 15 is 0 Å².